The van der Waals surface area contributed by atoms with Crippen LogP contribution in [0.3, 0.4) is 0 Å². The molecule has 0 unspecified atom stereocenters. The highest BCUT2D eigenvalue weighted by molar-refractivity contribution is 6.31. The molecule has 35 heavy (non-hydrogen) atoms. The third-order valence-corrected chi connectivity index (χ3v) is 5.75. The molecule has 0 amide bonds. The molecule has 0 aliphatic heterocycles. The number of para-hydroxylation sites is 1. The van der Waals surface area contributed by atoms with Crippen molar-refractivity contribution in [1.29, 1.82) is 0 Å². The number of nitrogens with two attached hydrogens (primary N) is 1. The van der Waals surface area contributed by atoms with Gasteiger partial charge in [-0.3, -0.25) is 0 Å². The van der Waals surface area contributed by atoms with E-state index >= 15 is 0 Å². The number of nitrogens with zero attached hydrogens (tertiary/aromatic N) is 3. The molecule has 0 saturated carbocycles. The molecule has 0 spiro atoms. The first-order valence-corrected chi connectivity index (χ1v) is 11.7. The van der Waals surface area contributed by atoms with Crippen molar-refractivity contribution in [3.8, 4) is 16.8 Å². The number of anilines is 2. The monoisotopic (exact) mass is 520 g/mol. The van der Waals surface area contributed by atoms with E-state index in [-0.39, 0.29) is 11.4 Å². The second-order valence-corrected chi connectivity index (χ2v) is 8.39. The van der Waals surface area contributed by atoms with Crippen molar-refractivity contribution in [2.75, 3.05) is 23.7 Å². The smallest absolute Gasteiger partial charge is 0.383 e. The van der Waals surface area contributed by atoms with Gasteiger partial charge in [-0.2, -0.15) is 18.3 Å². The van der Waals surface area contributed by atoms with Crippen LogP contribution in [0.1, 0.15) is 19.5 Å². The minimum Gasteiger partial charge on any atom is -0.383 e. The minimum atomic E-state index is -4.62. The van der Waals surface area contributed by atoms with E-state index in [0.717, 1.165) is 22.8 Å². The van der Waals surface area contributed by atoms with Gasteiger partial charge < -0.3 is 10.6 Å². The summed E-state index contributed by atoms with van der Waals surface area (Å²) in [5.41, 5.74) is 6.75. The first-order chi connectivity index (χ1) is 16.7. The quantitative estimate of drug-likeness (QED) is 0.290. The summed E-state index contributed by atoms with van der Waals surface area (Å²) in [5, 5.41) is 4.92. The number of hydrogen-bond donors (Lipinski definition) is 1. The Bertz CT molecular complexity index is 1240. The Morgan fingerprint density at radius 2 is 1.49 bits per heavy atom. The summed E-state index contributed by atoms with van der Waals surface area (Å²) in [6.07, 6.45) is -4.62. The maximum absolute atomic E-state index is 13.4. The van der Waals surface area contributed by atoms with Crippen molar-refractivity contribution in [3.63, 3.8) is 0 Å². The lowest BCUT2D eigenvalue weighted by Gasteiger charge is -2.20. The van der Waals surface area contributed by atoms with Gasteiger partial charge in [-0.15, -0.1) is 0 Å². The molecule has 0 radical (unpaired) electrons. The van der Waals surface area contributed by atoms with Gasteiger partial charge in [-0.05, 0) is 61.9 Å². The molecule has 0 bridgehead atoms. The molecule has 1 heterocycles. The zero-order valence-corrected chi connectivity index (χ0v) is 20.7. The summed E-state index contributed by atoms with van der Waals surface area (Å²) < 4.78 is 41.2. The Labute approximate surface area is 212 Å². The Morgan fingerprint density at radius 1 is 0.857 bits per heavy atom. The zero-order chi connectivity index (χ0) is 25.6. The van der Waals surface area contributed by atoms with Crippen LogP contribution in [-0.2, 0) is 6.18 Å². The van der Waals surface area contributed by atoms with Crippen LogP contribution in [0.25, 0.3) is 16.8 Å². The molecule has 0 saturated heterocycles. The standard InChI is InChI=1S/C16H11ClF3N3.C10H14ClN/c17-11-8-6-10(7-9-11)13-14(16(18,19)20)22-23(15(13)21)12-4-2-1-3-5-12;1-3-12(4-2)10-7-5-6-9(11)8-10/h1-9H,21H2;5-8H,3-4H2,1-2H3. The van der Waals surface area contributed by atoms with Crippen LogP contribution in [0.4, 0.5) is 24.7 Å². The van der Waals surface area contributed by atoms with Crippen molar-refractivity contribution in [3.05, 3.63) is 94.6 Å². The number of aromatic nitrogens is 2. The summed E-state index contributed by atoms with van der Waals surface area (Å²) in [4.78, 5) is 2.27. The van der Waals surface area contributed by atoms with Gasteiger partial charge in [0.1, 0.15) is 5.82 Å². The molecule has 184 valence electrons. The molecule has 1 aromatic heterocycles. The van der Waals surface area contributed by atoms with E-state index in [4.69, 9.17) is 28.9 Å². The average Bonchev–Trinajstić information content (AvgIpc) is 3.19. The highest BCUT2D eigenvalue weighted by Gasteiger charge is 2.39. The molecule has 9 heteroatoms. The SMILES string of the molecule is CCN(CC)c1cccc(Cl)c1.Nc1c(-c2ccc(Cl)cc2)c(C(F)(F)F)nn1-c1ccccc1. The third kappa shape index (κ3) is 6.50. The Balaban J connectivity index is 0.000000241. The van der Waals surface area contributed by atoms with Crippen LogP contribution in [0, 0.1) is 0 Å². The fourth-order valence-electron chi connectivity index (χ4n) is 3.56. The van der Waals surface area contributed by atoms with Crippen molar-refractivity contribution in [1.82, 2.24) is 9.78 Å². The summed E-state index contributed by atoms with van der Waals surface area (Å²) in [7, 11) is 0. The van der Waals surface area contributed by atoms with Gasteiger partial charge >= 0.3 is 6.18 Å². The number of benzene rings is 3. The molecule has 2 N–H and O–H groups in total. The van der Waals surface area contributed by atoms with Crippen molar-refractivity contribution >= 4 is 34.7 Å². The lowest BCUT2D eigenvalue weighted by Crippen LogP contribution is -2.21. The summed E-state index contributed by atoms with van der Waals surface area (Å²) in [5.74, 6) is -0.0779. The number of hydrogen-bond acceptors (Lipinski definition) is 3. The Kier molecular flexibility index (Phi) is 8.70. The topological polar surface area (TPSA) is 47.1 Å². The van der Waals surface area contributed by atoms with E-state index in [1.807, 2.05) is 18.2 Å². The number of halogens is 5. The maximum atomic E-state index is 13.4. The van der Waals surface area contributed by atoms with Gasteiger partial charge in [0.25, 0.3) is 0 Å². The number of rotatable bonds is 5. The molecule has 4 nitrogen and oxygen atoms in total. The summed E-state index contributed by atoms with van der Waals surface area (Å²) in [6.45, 7) is 6.34. The molecule has 4 aromatic rings. The zero-order valence-electron chi connectivity index (χ0n) is 19.2. The predicted octanol–water partition coefficient (Wildman–Crippen LogP) is 7.98. The largest absolute Gasteiger partial charge is 0.435 e. The lowest BCUT2D eigenvalue weighted by molar-refractivity contribution is -0.140. The van der Waals surface area contributed by atoms with Crippen LogP contribution in [0.15, 0.2) is 78.9 Å². The highest BCUT2D eigenvalue weighted by atomic mass is 35.5. The fraction of sp³-hybridized carbons (Fsp3) is 0.192. The predicted molar refractivity (Wildman–Crippen MR) is 138 cm³/mol. The second-order valence-electron chi connectivity index (χ2n) is 7.51. The summed E-state index contributed by atoms with van der Waals surface area (Å²) in [6, 6.07) is 22.4. The van der Waals surface area contributed by atoms with Crippen molar-refractivity contribution < 1.29 is 13.2 Å². The highest BCUT2D eigenvalue weighted by Crippen LogP contribution is 2.40. The van der Waals surface area contributed by atoms with Gasteiger partial charge in [-0.25, -0.2) is 4.68 Å². The lowest BCUT2D eigenvalue weighted by atomic mass is 10.1. The first kappa shape index (κ1) is 26.4. The van der Waals surface area contributed by atoms with Crippen molar-refractivity contribution in [2.45, 2.75) is 20.0 Å². The van der Waals surface area contributed by atoms with E-state index in [1.54, 1.807) is 30.3 Å². The van der Waals surface area contributed by atoms with Gasteiger partial charge in [0.05, 0.1) is 11.3 Å². The van der Waals surface area contributed by atoms with Crippen LogP contribution >= 0.6 is 23.2 Å². The van der Waals surface area contributed by atoms with E-state index < -0.39 is 11.9 Å². The molecule has 0 aliphatic rings. The second kappa shape index (κ2) is 11.5. The van der Waals surface area contributed by atoms with Crippen LogP contribution in [-0.4, -0.2) is 22.9 Å². The van der Waals surface area contributed by atoms with E-state index in [2.05, 4.69) is 29.9 Å². The molecule has 0 fully saturated rings. The maximum Gasteiger partial charge on any atom is 0.435 e. The van der Waals surface area contributed by atoms with Gasteiger partial charge in [0.2, 0.25) is 0 Å². The fourth-order valence-corrected chi connectivity index (χ4v) is 3.87. The number of alkyl halides is 3. The summed E-state index contributed by atoms with van der Waals surface area (Å²) >= 11 is 11.7. The van der Waals surface area contributed by atoms with Crippen molar-refractivity contribution in [2.24, 2.45) is 0 Å². The normalized spacial score (nSPS) is 11.1. The Hall–Kier alpha value is -3.16. The van der Waals surface area contributed by atoms with E-state index in [0.29, 0.717) is 16.3 Å². The Morgan fingerprint density at radius 3 is 2.03 bits per heavy atom. The van der Waals surface area contributed by atoms with Crippen LogP contribution in [0.5, 0.6) is 0 Å². The van der Waals surface area contributed by atoms with E-state index in [9.17, 15) is 13.2 Å². The van der Waals surface area contributed by atoms with E-state index in [1.165, 1.54) is 30.0 Å². The third-order valence-electron chi connectivity index (χ3n) is 5.26. The number of nitrogen functional groups attached to an aromatic ring is 1. The van der Waals surface area contributed by atoms with Gasteiger partial charge in [0, 0.05) is 28.8 Å². The van der Waals surface area contributed by atoms with Crippen LogP contribution in [0.2, 0.25) is 10.0 Å². The molecule has 4 rings (SSSR count). The molecule has 0 atom stereocenters. The van der Waals surface area contributed by atoms with Gasteiger partial charge in [-0.1, -0.05) is 59.6 Å². The first-order valence-electron chi connectivity index (χ1n) is 10.9. The molecule has 3 aromatic carbocycles. The van der Waals surface area contributed by atoms with Gasteiger partial charge in [0.15, 0.2) is 5.69 Å². The molecular formula is C26H25Cl2F3N4. The molecule has 0 aliphatic carbocycles. The minimum absolute atomic E-state index is 0.0779. The van der Waals surface area contributed by atoms with Crippen LogP contribution < -0.4 is 10.6 Å². The average molecular weight is 521 g/mol. The molecular weight excluding hydrogens is 496 g/mol.